The van der Waals surface area contributed by atoms with E-state index in [1.54, 1.807) is 12.4 Å². The van der Waals surface area contributed by atoms with Gasteiger partial charge in [-0.1, -0.05) is 0 Å². The van der Waals surface area contributed by atoms with Crippen molar-refractivity contribution < 1.29 is 5.11 Å². The standard InChI is InChI=1S/C21H24Br2I2N8O/c1-4-31-21(25)16(11-27-31)17(34)15-10-28-32(19(15)23)6-5-12(2)33-20(24)14(9-29-33)7-13-8-26-30(3)18(13)22/h8-12,17,34H,4-7H2,1-3H3. The third-order valence-corrected chi connectivity index (χ3v) is 10.0. The first-order chi connectivity index (χ1) is 16.2. The zero-order valence-electron chi connectivity index (χ0n) is 18.8. The average Bonchev–Trinajstić information content (AvgIpc) is 3.56. The quantitative estimate of drug-likeness (QED) is 0.238. The van der Waals surface area contributed by atoms with Crippen molar-refractivity contribution in [2.45, 2.75) is 51.9 Å². The summed E-state index contributed by atoms with van der Waals surface area (Å²) in [6.07, 6.45) is 8.11. The van der Waals surface area contributed by atoms with Crippen LogP contribution in [0.25, 0.3) is 0 Å². The number of aliphatic hydroxyl groups is 1. The zero-order chi connectivity index (χ0) is 24.6. The highest BCUT2D eigenvalue weighted by atomic mass is 127. The molecule has 0 bridgehead atoms. The maximum Gasteiger partial charge on any atom is 0.112 e. The van der Waals surface area contributed by atoms with Crippen molar-refractivity contribution in [1.29, 1.82) is 0 Å². The lowest BCUT2D eigenvalue weighted by molar-refractivity contribution is 0.218. The molecular weight excluding hydrogens is 794 g/mol. The minimum atomic E-state index is -0.783. The molecule has 0 amide bonds. The van der Waals surface area contributed by atoms with E-state index < -0.39 is 6.10 Å². The van der Waals surface area contributed by atoms with Crippen molar-refractivity contribution in [3.05, 3.63) is 63.6 Å². The maximum atomic E-state index is 10.9. The lowest BCUT2D eigenvalue weighted by Gasteiger charge is -2.15. The predicted octanol–water partition coefficient (Wildman–Crippen LogP) is 5.09. The molecule has 0 radical (unpaired) electrons. The summed E-state index contributed by atoms with van der Waals surface area (Å²) in [7, 11) is 1.92. The summed E-state index contributed by atoms with van der Waals surface area (Å²) in [4.78, 5) is 0. The molecule has 9 nitrogen and oxygen atoms in total. The molecule has 2 unspecified atom stereocenters. The van der Waals surface area contributed by atoms with Gasteiger partial charge >= 0.3 is 0 Å². The van der Waals surface area contributed by atoms with Crippen LogP contribution in [0.15, 0.2) is 34.0 Å². The first-order valence-electron chi connectivity index (χ1n) is 10.7. The molecule has 0 saturated heterocycles. The fraction of sp³-hybridized carbons (Fsp3) is 0.429. The normalized spacial score (nSPS) is 13.5. The third kappa shape index (κ3) is 5.18. The Morgan fingerprint density at radius 2 is 1.59 bits per heavy atom. The van der Waals surface area contributed by atoms with Crippen molar-refractivity contribution in [1.82, 2.24) is 39.1 Å². The highest BCUT2D eigenvalue weighted by Crippen LogP contribution is 2.31. The molecule has 0 aliphatic carbocycles. The molecule has 34 heavy (non-hydrogen) atoms. The number of hydrogen-bond donors (Lipinski definition) is 1. The second-order valence-corrected chi connectivity index (χ2v) is 11.6. The molecule has 0 saturated carbocycles. The second kappa shape index (κ2) is 11.1. The van der Waals surface area contributed by atoms with Crippen molar-refractivity contribution in [3.63, 3.8) is 0 Å². The van der Waals surface area contributed by atoms with Crippen molar-refractivity contribution in [2.24, 2.45) is 7.05 Å². The molecule has 4 aromatic rings. The highest BCUT2D eigenvalue weighted by molar-refractivity contribution is 14.1. The summed E-state index contributed by atoms with van der Waals surface area (Å²) in [5, 5.41) is 28.8. The Bertz CT molecular complexity index is 1290. The Morgan fingerprint density at radius 1 is 0.912 bits per heavy atom. The van der Waals surface area contributed by atoms with Gasteiger partial charge in [0, 0.05) is 48.8 Å². The van der Waals surface area contributed by atoms with Gasteiger partial charge in [-0.3, -0.25) is 18.7 Å². The topological polar surface area (TPSA) is 91.5 Å². The number of hydrogen-bond acceptors (Lipinski definition) is 5. The van der Waals surface area contributed by atoms with Crippen molar-refractivity contribution in [3.8, 4) is 0 Å². The number of aromatic nitrogens is 8. The summed E-state index contributed by atoms with van der Waals surface area (Å²) >= 11 is 11.8. The van der Waals surface area contributed by atoms with E-state index in [1.807, 2.05) is 40.4 Å². The van der Waals surface area contributed by atoms with Crippen molar-refractivity contribution >= 4 is 77.0 Å². The van der Waals surface area contributed by atoms with Gasteiger partial charge in [-0.25, -0.2) is 0 Å². The number of halogens is 4. The summed E-state index contributed by atoms with van der Waals surface area (Å²) in [5.74, 6) is 0. The van der Waals surface area contributed by atoms with Gasteiger partial charge in [0.25, 0.3) is 0 Å². The van der Waals surface area contributed by atoms with Crippen LogP contribution in [0.1, 0.15) is 54.7 Å². The third-order valence-electron chi connectivity index (χ3n) is 5.79. The molecule has 0 aliphatic heterocycles. The van der Waals surface area contributed by atoms with Crippen LogP contribution in [0.5, 0.6) is 0 Å². The van der Waals surface area contributed by atoms with Crippen LogP contribution in [-0.2, 0) is 26.6 Å². The van der Waals surface area contributed by atoms with E-state index in [2.05, 4.69) is 109 Å². The molecule has 0 spiro atoms. The molecule has 1 N–H and O–H groups in total. The molecule has 182 valence electrons. The lowest BCUT2D eigenvalue weighted by Crippen LogP contribution is -2.13. The van der Waals surface area contributed by atoms with Gasteiger partial charge in [0.15, 0.2) is 0 Å². The van der Waals surface area contributed by atoms with Crippen LogP contribution in [-0.4, -0.2) is 44.2 Å². The highest BCUT2D eigenvalue weighted by Gasteiger charge is 2.23. The van der Waals surface area contributed by atoms with Crippen molar-refractivity contribution in [2.75, 3.05) is 0 Å². The van der Waals surface area contributed by atoms with Crippen LogP contribution < -0.4 is 0 Å². The van der Waals surface area contributed by atoms with Gasteiger partial charge in [0.1, 0.15) is 22.7 Å². The van der Waals surface area contributed by atoms with E-state index in [1.165, 1.54) is 5.56 Å². The molecule has 0 aromatic carbocycles. The monoisotopic (exact) mass is 816 g/mol. The Balaban J connectivity index is 1.43. The van der Waals surface area contributed by atoms with E-state index in [0.717, 1.165) is 52.7 Å². The van der Waals surface area contributed by atoms with Gasteiger partial charge in [-0.15, -0.1) is 0 Å². The zero-order valence-corrected chi connectivity index (χ0v) is 26.3. The summed E-state index contributed by atoms with van der Waals surface area (Å²) in [6, 6.07) is 0.186. The number of nitrogens with zero attached hydrogens (tertiary/aromatic N) is 8. The van der Waals surface area contributed by atoms with E-state index in [4.69, 9.17) is 0 Å². The van der Waals surface area contributed by atoms with E-state index in [0.29, 0.717) is 6.54 Å². The van der Waals surface area contributed by atoms with Crippen LogP contribution in [0.2, 0.25) is 0 Å². The Kier molecular flexibility index (Phi) is 8.57. The summed E-state index contributed by atoms with van der Waals surface area (Å²) in [5.41, 5.74) is 3.83. The van der Waals surface area contributed by atoms with E-state index in [-0.39, 0.29) is 6.04 Å². The van der Waals surface area contributed by atoms with Gasteiger partial charge in [0.2, 0.25) is 0 Å². The molecule has 4 heterocycles. The largest absolute Gasteiger partial charge is 0.383 e. The number of aliphatic hydroxyl groups excluding tert-OH is 1. The van der Waals surface area contributed by atoms with E-state index >= 15 is 0 Å². The maximum absolute atomic E-state index is 10.9. The second-order valence-electron chi connectivity index (χ2n) is 8.03. The van der Waals surface area contributed by atoms with Gasteiger partial charge in [-0.2, -0.15) is 20.4 Å². The molecule has 4 aromatic heterocycles. The van der Waals surface area contributed by atoms with Gasteiger partial charge in [0.05, 0.1) is 30.8 Å². The first kappa shape index (κ1) is 26.3. The average molecular weight is 818 g/mol. The predicted molar refractivity (Wildman–Crippen MR) is 153 cm³/mol. The number of aryl methyl sites for hydroxylation is 3. The van der Waals surface area contributed by atoms with Gasteiger partial charge < -0.3 is 5.11 Å². The first-order valence-corrected chi connectivity index (χ1v) is 14.5. The molecule has 13 heteroatoms. The van der Waals surface area contributed by atoms with Crippen LogP contribution in [0.3, 0.4) is 0 Å². The minimum absolute atomic E-state index is 0.186. The number of rotatable bonds is 9. The summed E-state index contributed by atoms with van der Waals surface area (Å²) in [6.45, 7) is 5.64. The Labute approximate surface area is 241 Å². The lowest BCUT2D eigenvalue weighted by atomic mass is 10.1. The van der Waals surface area contributed by atoms with Gasteiger partial charge in [-0.05, 0) is 97.3 Å². The molecule has 0 aliphatic rings. The SMILES string of the molecule is CCn1ncc(C(O)c2cnn(CCC(C)n3ncc(Cc4cnn(C)c4Br)c3I)c2Br)c1I. The van der Waals surface area contributed by atoms with E-state index in [9.17, 15) is 5.11 Å². The fourth-order valence-electron chi connectivity index (χ4n) is 3.71. The van der Waals surface area contributed by atoms with Crippen LogP contribution >= 0.6 is 77.0 Å². The molecule has 0 fully saturated rings. The fourth-order valence-corrected chi connectivity index (χ4v) is 6.46. The Hall–Kier alpha value is -0.780. The van der Waals surface area contributed by atoms with Crippen LogP contribution in [0, 0.1) is 7.40 Å². The smallest absolute Gasteiger partial charge is 0.112 e. The molecule has 4 rings (SSSR count). The van der Waals surface area contributed by atoms with Crippen LogP contribution in [0.4, 0.5) is 0 Å². The minimum Gasteiger partial charge on any atom is -0.383 e. The Morgan fingerprint density at radius 3 is 2.24 bits per heavy atom. The molecular formula is C21H24Br2I2N8O. The summed E-state index contributed by atoms with van der Waals surface area (Å²) < 4.78 is 11.5. The molecule has 2 atom stereocenters.